The van der Waals surface area contributed by atoms with E-state index >= 15 is 0 Å². The Morgan fingerprint density at radius 2 is 2.04 bits per heavy atom. The summed E-state index contributed by atoms with van der Waals surface area (Å²) in [6.45, 7) is 1.67. The van der Waals surface area contributed by atoms with Crippen LogP contribution in [-0.2, 0) is 4.79 Å². The number of allylic oxidation sites excluding steroid dienone is 4. The molecule has 0 fully saturated rings. The normalized spacial score (nSPS) is 17.4. The minimum Gasteiger partial charge on any atom is -0.506 e. The summed E-state index contributed by atoms with van der Waals surface area (Å²) in [7, 11) is 0. The summed E-state index contributed by atoms with van der Waals surface area (Å²) >= 11 is 13.0. The number of carboxylic acids is 1. The van der Waals surface area contributed by atoms with Crippen molar-refractivity contribution in [2.24, 2.45) is 4.99 Å². The van der Waals surface area contributed by atoms with Crippen molar-refractivity contribution >= 4 is 52.0 Å². The Bertz CT molecular complexity index is 905. The molecule has 2 N–H and O–H groups in total. The van der Waals surface area contributed by atoms with Crippen LogP contribution < -0.4 is 0 Å². The molecule has 5 nitrogen and oxygen atoms in total. The van der Waals surface area contributed by atoms with Gasteiger partial charge in [-0.05, 0) is 24.6 Å². The van der Waals surface area contributed by atoms with Gasteiger partial charge in [-0.15, -0.1) is 11.3 Å². The number of nitrogens with zero attached hydrogens (tertiary/aromatic N) is 1. The number of aliphatic hydroxyl groups excluding tert-OH is 1. The predicted octanol–water partition coefficient (Wildman–Crippen LogP) is 4.50. The second-order valence-corrected chi connectivity index (χ2v) is 7.48. The highest BCUT2D eigenvalue weighted by atomic mass is 35.5. The maximum Gasteiger partial charge on any atom is 0.307 e. The second kappa shape index (κ2) is 6.20. The van der Waals surface area contributed by atoms with E-state index in [9.17, 15) is 14.7 Å². The second-order valence-electron chi connectivity index (χ2n) is 5.31. The summed E-state index contributed by atoms with van der Waals surface area (Å²) < 4.78 is 0.437. The maximum absolute atomic E-state index is 12.9. The summed E-state index contributed by atoms with van der Waals surface area (Å²) in [5.41, 5.74) is 1.77. The lowest BCUT2D eigenvalue weighted by molar-refractivity contribution is -0.136. The van der Waals surface area contributed by atoms with E-state index in [1.807, 2.05) is 0 Å². The zero-order chi connectivity index (χ0) is 17.6. The number of aliphatic imine (C=N–C) groups is 1. The summed E-state index contributed by atoms with van der Waals surface area (Å²) in [6, 6.07) is 3.14. The van der Waals surface area contributed by atoms with Crippen molar-refractivity contribution in [1.29, 1.82) is 0 Å². The Morgan fingerprint density at radius 1 is 1.33 bits per heavy atom. The van der Waals surface area contributed by atoms with Crippen LogP contribution >= 0.6 is 34.5 Å². The number of thiophene rings is 1. The van der Waals surface area contributed by atoms with Gasteiger partial charge in [0.05, 0.1) is 32.0 Å². The molecule has 0 aromatic carbocycles. The van der Waals surface area contributed by atoms with Crippen molar-refractivity contribution in [3.63, 3.8) is 0 Å². The van der Waals surface area contributed by atoms with Crippen LogP contribution in [0.1, 0.15) is 29.4 Å². The monoisotopic (exact) mass is 383 g/mol. The van der Waals surface area contributed by atoms with Gasteiger partial charge in [-0.2, -0.15) is 0 Å². The van der Waals surface area contributed by atoms with Crippen molar-refractivity contribution in [3.8, 4) is 0 Å². The molecule has 3 rings (SSSR count). The molecule has 8 heteroatoms. The molecule has 0 atom stereocenters. The molecule has 0 unspecified atom stereocenters. The Labute approximate surface area is 151 Å². The fourth-order valence-electron chi connectivity index (χ4n) is 2.74. The molecule has 0 radical (unpaired) electrons. The van der Waals surface area contributed by atoms with Crippen LogP contribution in [0.3, 0.4) is 0 Å². The molecule has 1 aliphatic heterocycles. The first-order valence-electron chi connectivity index (χ1n) is 6.91. The smallest absolute Gasteiger partial charge is 0.307 e. The van der Waals surface area contributed by atoms with E-state index in [1.54, 1.807) is 19.1 Å². The molecular formula is C16H11Cl2NO4S. The highest BCUT2D eigenvalue weighted by Crippen LogP contribution is 2.41. The van der Waals surface area contributed by atoms with Gasteiger partial charge in [0.25, 0.3) is 0 Å². The van der Waals surface area contributed by atoms with Gasteiger partial charge < -0.3 is 10.2 Å². The predicted molar refractivity (Wildman–Crippen MR) is 93.2 cm³/mol. The Hall–Kier alpha value is -1.89. The standard InChI is InChI=1S/C16H11Cl2NO4S/c1-6-7(4-12(20)21)13-9(19-6)5-8(17)15(22)14(13)16(23)10-2-3-11(18)24-10/h2-3,22H,4-5H2,1H3,(H,20,21). The van der Waals surface area contributed by atoms with Crippen LogP contribution in [0.25, 0.3) is 0 Å². The van der Waals surface area contributed by atoms with E-state index in [-0.39, 0.29) is 29.2 Å². The Morgan fingerprint density at radius 3 is 2.62 bits per heavy atom. The Balaban J connectivity index is 2.20. The highest BCUT2D eigenvalue weighted by molar-refractivity contribution is 7.18. The third kappa shape index (κ3) is 2.81. The van der Waals surface area contributed by atoms with Crippen molar-refractivity contribution in [3.05, 3.63) is 54.6 Å². The van der Waals surface area contributed by atoms with Crippen molar-refractivity contribution < 1.29 is 19.8 Å². The molecule has 124 valence electrons. The van der Waals surface area contributed by atoms with E-state index in [0.717, 1.165) is 11.3 Å². The molecule has 2 aliphatic rings. The minimum absolute atomic E-state index is 0.0170. The minimum atomic E-state index is -1.04. The number of hydrogen-bond donors (Lipinski definition) is 2. The number of carbonyl (C=O) groups is 2. The van der Waals surface area contributed by atoms with E-state index < -0.39 is 11.8 Å². The van der Waals surface area contributed by atoms with Gasteiger partial charge in [-0.1, -0.05) is 23.2 Å². The average molecular weight is 384 g/mol. The van der Waals surface area contributed by atoms with E-state index in [2.05, 4.69) is 4.99 Å². The molecule has 0 spiro atoms. The third-order valence-corrected chi connectivity index (χ3v) is 5.29. The van der Waals surface area contributed by atoms with Crippen LogP contribution in [0.4, 0.5) is 0 Å². The summed E-state index contributed by atoms with van der Waals surface area (Å²) in [5.74, 6) is -1.83. The van der Waals surface area contributed by atoms with Gasteiger partial charge in [0, 0.05) is 17.7 Å². The fraction of sp³-hybridized carbons (Fsp3) is 0.188. The Kier molecular flexibility index (Phi) is 4.38. The van der Waals surface area contributed by atoms with Crippen LogP contribution in [0.15, 0.2) is 50.3 Å². The van der Waals surface area contributed by atoms with E-state index in [1.165, 1.54) is 0 Å². The molecule has 0 bridgehead atoms. The largest absolute Gasteiger partial charge is 0.506 e. The number of halogens is 2. The fourth-order valence-corrected chi connectivity index (χ4v) is 3.95. The van der Waals surface area contributed by atoms with E-state index in [0.29, 0.717) is 31.8 Å². The molecule has 0 amide bonds. The third-order valence-electron chi connectivity index (χ3n) is 3.75. The average Bonchev–Trinajstić information content (AvgIpc) is 3.05. The number of carboxylic acid groups (broad SMARTS) is 1. The van der Waals surface area contributed by atoms with Crippen LogP contribution in [-0.4, -0.2) is 27.7 Å². The van der Waals surface area contributed by atoms with Crippen molar-refractivity contribution in [2.45, 2.75) is 19.8 Å². The number of fused-ring (bicyclic) bond motifs is 1. The lowest BCUT2D eigenvalue weighted by Gasteiger charge is -2.19. The number of rotatable bonds is 4. The maximum atomic E-state index is 12.9. The molecular weight excluding hydrogens is 373 g/mol. The highest BCUT2D eigenvalue weighted by Gasteiger charge is 2.36. The summed E-state index contributed by atoms with van der Waals surface area (Å²) in [5, 5.41) is 19.6. The van der Waals surface area contributed by atoms with Gasteiger partial charge in [-0.25, -0.2) is 0 Å². The summed E-state index contributed by atoms with van der Waals surface area (Å²) in [4.78, 5) is 28.7. The molecule has 0 saturated heterocycles. The lowest BCUT2D eigenvalue weighted by Crippen LogP contribution is -2.19. The molecule has 0 saturated carbocycles. The first kappa shape index (κ1) is 17.0. The molecule has 2 heterocycles. The van der Waals surface area contributed by atoms with Gasteiger partial charge in [0.2, 0.25) is 5.78 Å². The van der Waals surface area contributed by atoms with Crippen LogP contribution in [0.5, 0.6) is 0 Å². The topological polar surface area (TPSA) is 87.0 Å². The van der Waals surface area contributed by atoms with Crippen LogP contribution in [0.2, 0.25) is 4.34 Å². The SMILES string of the molecule is CC1=C(CC(=O)O)C2=C(C(=O)c3ccc(Cl)s3)C(O)=C(Cl)CC2=N1. The molecule has 24 heavy (non-hydrogen) atoms. The summed E-state index contributed by atoms with van der Waals surface area (Å²) in [6.07, 6.45) is -0.133. The number of ketones is 1. The van der Waals surface area contributed by atoms with E-state index in [4.69, 9.17) is 28.3 Å². The number of aliphatic carboxylic acids is 1. The van der Waals surface area contributed by atoms with Gasteiger partial charge >= 0.3 is 5.97 Å². The number of Topliss-reactive ketones (excluding diaryl/α,β-unsaturated/α-hetero) is 1. The van der Waals surface area contributed by atoms with Gasteiger partial charge in [0.1, 0.15) is 5.76 Å². The van der Waals surface area contributed by atoms with Gasteiger partial charge in [0.15, 0.2) is 0 Å². The molecule has 1 aromatic heterocycles. The number of aliphatic hydroxyl groups is 1. The zero-order valence-corrected chi connectivity index (χ0v) is 14.7. The quantitative estimate of drug-likeness (QED) is 0.749. The van der Waals surface area contributed by atoms with Crippen molar-refractivity contribution in [1.82, 2.24) is 0 Å². The first-order chi connectivity index (χ1) is 11.3. The first-order valence-corrected chi connectivity index (χ1v) is 8.49. The lowest BCUT2D eigenvalue weighted by atomic mass is 9.86. The molecule has 1 aromatic rings. The van der Waals surface area contributed by atoms with Gasteiger partial charge in [-0.3, -0.25) is 14.6 Å². The molecule has 1 aliphatic carbocycles. The van der Waals surface area contributed by atoms with Crippen LogP contribution in [0, 0.1) is 0 Å². The zero-order valence-electron chi connectivity index (χ0n) is 12.4. The number of hydrogen-bond acceptors (Lipinski definition) is 5. The number of carbonyl (C=O) groups excluding carboxylic acids is 1. The van der Waals surface area contributed by atoms with Crippen molar-refractivity contribution in [2.75, 3.05) is 0 Å².